The molecule has 0 aliphatic rings. The molecule has 0 aromatic heterocycles. The molecule has 0 aliphatic heterocycles. The van der Waals surface area contributed by atoms with Crippen LogP contribution in [0, 0.1) is 11.3 Å². The van der Waals surface area contributed by atoms with Crippen molar-refractivity contribution >= 4 is 17.3 Å². The van der Waals surface area contributed by atoms with Gasteiger partial charge in [0.05, 0.1) is 34.0 Å². The molecule has 0 heterocycles. The van der Waals surface area contributed by atoms with E-state index in [0.29, 0.717) is 10.6 Å². The number of ether oxygens (including phenoxy) is 1. The minimum Gasteiger partial charge on any atom is -0.378 e. The molecule has 1 N–H and O–H groups in total. The molecule has 1 aromatic rings. The van der Waals surface area contributed by atoms with Crippen molar-refractivity contribution in [2.45, 2.75) is 32.4 Å². The summed E-state index contributed by atoms with van der Waals surface area (Å²) in [5.41, 5.74) is 1.02. The van der Waals surface area contributed by atoms with Crippen LogP contribution in [0.25, 0.3) is 0 Å². The Morgan fingerprint density at radius 1 is 1.47 bits per heavy atom. The second-order valence-electron chi connectivity index (χ2n) is 4.48. The van der Waals surface area contributed by atoms with Crippen molar-refractivity contribution < 1.29 is 4.74 Å². The second-order valence-corrected chi connectivity index (χ2v) is 4.89. The third-order valence-electron chi connectivity index (χ3n) is 3.04. The Labute approximate surface area is 107 Å². The molecule has 17 heavy (non-hydrogen) atoms. The van der Waals surface area contributed by atoms with Gasteiger partial charge in [0.25, 0.3) is 0 Å². The van der Waals surface area contributed by atoms with E-state index in [0.717, 1.165) is 5.69 Å². The Morgan fingerprint density at radius 2 is 2.12 bits per heavy atom. The predicted molar refractivity (Wildman–Crippen MR) is 70.3 cm³/mol. The van der Waals surface area contributed by atoms with Gasteiger partial charge in [-0.15, -0.1) is 0 Å². The quantitative estimate of drug-likeness (QED) is 0.893. The average molecular weight is 253 g/mol. The van der Waals surface area contributed by atoms with Gasteiger partial charge in [-0.2, -0.15) is 5.26 Å². The van der Waals surface area contributed by atoms with Crippen molar-refractivity contribution in [1.29, 1.82) is 5.26 Å². The van der Waals surface area contributed by atoms with E-state index in [2.05, 4.69) is 11.4 Å². The van der Waals surface area contributed by atoms with E-state index >= 15 is 0 Å². The first kappa shape index (κ1) is 13.8. The highest BCUT2D eigenvalue weighted by Gasteiger charge is 2.25. The van der Waals surface area contributed by atoms with Crippen molar-refractivity contribution in [3.8, 4) is 6.07 Å². The normalized spacial score (nSPS) is 12.9. The Kier molecular flexibility index (Phi) is 4.39. The number of anilines is 1. The zero-order chi connectivity index (χ0) is 13.1. The minimum atomic E-state index is -0.314. The lowest BCUT2D eigenvalue weighted by molar-refractivity contribution is 0.0107. The first-order valence-corrected chi connectivity index (χ1v) is 5.80. The van der Waals surface area contributed by atoms with E-state index in [-0.39, 0.29) is 11.6 Å². The molecule has 0 bridgehead atoms. The summed E-state index contributed by atoms with van der Waals surface area (Å²) >= 11 is 6.08. The lowest BCUT2D eigenvalue weighted by Crippen LogP contribution is -2.41. The third-order valence-corrected chi connectivity index (χ3v) is 3.37. The van der Waals surface area contributed by atoms with Gasteiger partial charge in [-0.05, 0) is 39.0 Å². The summed E-state index contributed by atoms with van der Waals surface area (Å²) in [5, 5.41) is 12.7. The summed E-state index contributed by atoms with van der Waals surface area (Å²) in [4.78, 5) is 0. The SMILES string of the molecule is COC(C)(C)C(C)Nc1cc(C#N)ccc1Cl. The molecule has 1 atom stereocenters. The van der Waals surface area contributed by atoms with Crippen molar-refractivity contribution in [2.75, 3.05) is 12.4 Å². The molecule has 92 valence electrons. The molecule has 0 spiro atoms. The van der Waals surface area contributed by atoms with Crippen LogP contribution in [-0.4, -0.2) is 18.8 Å². The number of nitrogens with one attached hydrogen (secondary N) is 1. The van der Waals surface area contributed by atoms with Crippen LogP contribution in [0.4, 0.5) is 5.69 Å². The van der Waals surface area contributed by atoms with Crippen LogP contribution in [0.2, 0.25) is 5.02 Å². The Bertz CT molecular complexity index is 438. The highest BCUT2D eigenvalue weighted by molar-refractivity contribution is 6.33. The molecule has 3 nitrogen and oxygen atoms in total. The summed E-state index contributed by atoms with van der Waals surface area (Å²) < 4.78 is 5.40. The summed E-state index contributed by atoms with van der Waals surface area (Å²) in [6.45, 7) is 6.00. The van der Waals surface area contributed by atoms with E-state index in [1.165, 1.54) is 0 Å². The number of halogens is 1. The van der Waals surface area contributed by atoms with Gasteiger partial charge >= 0.3 is 0 Å². The van der Waals surface area contributed by atoms with Gasteiger partial charge in [0.1, 0.15) is 0 Å². The van der Waals surface area contributed by atoms with E-state index in [9.17, 15) is 0 Å². The lowest BCUT2D eigenvalue weighted by atomic mass is 10.00. The summed E-state index contributed by atoms with van der Waals surface area (Å²) in [6, 6.07) is 7.31. The van der Waals surface area contributed by atoms with Crippen LogP contribution in [-0.2, 0) is 4.74 Å². The first-order chi connectivity index (χ1) is 7.90. The fourth-order valence-corrected chi connectivity index (χ4v) is 1.46. The van der Waals surface area contributed by atoms with Crippen molar-refractivity contribution in [2.24, 2.45) is 0 Å². The van der Waals surface area contributed by atoms with Gasteiger partial charge in [0.2, 0.25) is 0 Å². The van der Waals surface area contributed by atoms with Crippen LogP contribution < -0.4 is 5.32 Å². The summed E-state index contributed by atoms with van der Waals surface area (Å²) in [5.74, 6) is 0. The summed E-state index contributed by atoms with van der Waals surface area (Å²) in [6.07, 6.45) is 0. The minimum absolute atomic E-state index is 0.0685. The molecule has 0 saturated carbocycles. The maximum Gasteiger partial charge on any atom is 0.0992 e. The Hall–Kier alpha value is -1.24. The van der Waals surface area contributed by atoms with Crippen LogP contribution in [0.15, 0.2) is 18.2 Å². The van der Waals surface area contributed by atoms with Crippen molar-refractivity contribution in [3.05, 3.63) is 28.8 Å². The highest BCUT2D eigenvalue weighted by Crippen LogP contribution is 2.26. The molecule has 0 amide bonds. The maximum atomic E-state index is 8.85. The van der Waals surface area contributed by atoms with Gasteiger partial charge in [-0.25, -0.2) is 0 Å². The molecule has 0 saturated heterocycles. The number of methoxy groups -OCH3 is 1. The molecule has 4 heteroatoms. The van der Waals surface area contributed by atoms with Gasteiger partial charge < -0.3 is 10.1 Å². The van der Waals surface area contributed by atoms with Crippen molar-refractivity contribution in [1.82, 2.24) is 0 Å². The van der Waals surface area contributed by atoms with E-state index in [1.807, 2.05) is 20.8 Å². The van der Waals surface area contributed by atoms with E-state index in [4.69, 9.17) is 21.6 Å². The van der Waals surface area contributed by atoms with Crippen LogP contribution in [0.1, 0.15) is 26.3 Å². The first-order valence-electron chi connectivity index (χ1n) is 5.42. The highest BCUT2D eigenvalue weighted by atomic mass is 35.5. The number of nitrogens with zero attached hydrogens (tertiary/aromatic N) is 1. The second kappa shape index (κ2) is 5.39. The fraction of sp³-hybridized carbons (Fsp3) is 0.462. The smallest absolute Gasteiger partial charge is 0.0992 e. The zero-order valence-corrected chi connectivity index (χ0v) is 11.3. The number of hydrogen-bond acceptors (Lipinski definition) is 3. The van der Waals surface area contributed by atoms with Gasteiger partial charge in [-0.1, -0.05) is 11.6 Å². The monoisotopic (exact) mass is 252 g/mol. The molecule has 1 rings (SSSR count). The molecular formula is C13H17ClN2O. The average Bonchev–Trinajstić information content (AvgIpc) is 2.31. The molecular weight excluding hydrogens is 236 g/mol. The van der Waals surface area contributed by atoms with E-state index < -0.39 is 0 Å². The van der Waals surface area contributed by atoms with E-state index in [1.54, 1.807) is 25.3 Å². The fourth-order valence-electron chi connectivity index (χ4n) is 1.29. The van der Waals surface area contributed by atoms with Gasteiger partial charge in [0, 0.05) is 7.11 Å². The Balaban J connectivity index is 2.92. The zero-order valence-electron chi connectivity index (χ0n) is 10.5. The van der Waals surface area contributed by atoms with Crippen LogP contribution >= 0.6 is 11.6 Å². The number of nitriles is 1. The molecule has 0 fully saturated rings. The van der Waals surface area contributed by atoms with Crippen molar-refractivity contribution in [3.63, 3.8) is 0 Å². The topological polar surface area (TPSA) is 45.0 Å². The maximum absolute atomic E-state index is 8.85. The predicted octanol–water partition coefficient (Wildman–Crippen LogP) is 3.44. The van der Waals surface area contributed by atoms with Crippen LogP contribution in [0.3, 0.4) is 0 Å². The van der Waals surface area contributed by atoms with Gasteiger partial charge in [0.15, 0.2) is 0 Å². The van der Waals surface area contributed by atoms with Gasteiger partial charge in [-0.3, -0.25) is 0 Å². The standard InChI is InChI=1S/C13H17ClN2O/c1-9(13(2,3)17-4)16-12-7-10(8-15)5-6-11(12)14/h5-7,9,16H,1-4H3. The third kappa shape index (κ3) is 3.36. The molecule has 0 radical (unpaired) electrons. The lowest BCUT2D eigenvalue weighted by Gasteiger charge is -2.32. The molecule has 1 aromatic carbocycles. The Morgan fingerprint density at radius 3 is 2.65 bits per heavy atom. The number of hydrogen-bond donors (Lipinski definition) is 1. The molecule has 0 aliphatic carbocycles. The summed E-state index contributed by atoms with van der Waals surface area (Å²) in [7, 11) is 1.67. The van der Waals surface area contributed by atoms with Crippen LogP contribution in [0.5, 0.6) is 0 Å². The number of rotatable bonds is 4. The number of benzene rings is 1. The largest absolute Gasteiger partial charge is 0.378 e. The molecule has 1 unspecified atom stereocenters.